The standard InChI is InChI=1S/C44H48BrN3O5SSi/c1-43(2,3)54(50)48-28-32-26-36(42(49)46-27-30-20-21-38-39(24-30)52-29-51-38)47-41(31-14-13-15-33(45)25-31)40(32)37(48)22-23-53-55(44(4,5)6,34-16-9-7-10-17-34)35-18-11-8-12-19-35/h7-21,24-26,37H,22-23,27-29H2,1-6H3,(H,46,49)/t37?,54-/m1/s1. The number of halogens is 1. The topological polar surface area (TPSA) is 90.0 Å². The van der Waals surface area contributed by atoms with Crippen LogP contribution in [0.1, 0.15) is 81.2 Å². The van der Waals surface area contributed by atoms with Crippen molar-refractivity contribution in [3.8, 4) is 22.8 Å². The number of aromatic nitrogens is 1. The second kappa shape index (κ2) is 15.8. The highest BCUT2D eigenvalue weighted by molar-refractivity contribution is 9.10. The van der Waals surface area contributed by atoms with Gasteiger partial charge in [0, 0.05) is 35.3 Å². The molecule has 11 heteroatoms. The van der Waals surface area contributed by atoms with E-state index in [0.29, 0.717) is 49.0 Å². The van der Waals surface area contributed by atoms with Crippen LogP contribution >= 0.6 is 15.9 Å². The van der Waals surface area contributed by atoms with Crippen molar-refractivity contribution in [2.45, 2.75) is 76.9 Å². The van der Waals surface area contributed by atoms with Crippen LogP contribution in [0.25, 0.3) is 11.3 Å². The first-order valence-corrected chi connectivity index (χ1v) is 22.5. The lowest BCUT2D eigenvalue weighted by Gasteiger charge is -2.43. The van der Waals surface area contributed by atoms with Gasteiger partial charge in [0.1, 0.15) is 16.7 Å². The third-order valence-corrected chi connectivity index (χ3v) is 17.6. The molecule has 7 rings (SSSR count). The Kier molecular flexibility index (Phi) is 11.2. The maximum atomic E-state index is 14.4. The first-order chi connectivity index (χ1) is 26.3. The van der Waals surface area contributed by atoms with E-state index in [4.69, 9.17) is 18.9 Å². The number of nitrogens with zero attached hydrogens (tertiary/aromatic N) is 2. The second-order valence-corrected chi connectivity index (χ2v) is 23.5. The van der Waals surface area contributed by atoms with Gasteiger partial charge in [0.15, 0.2) is 11.5 Å². The van der Waals surface area contributed by atoms with Crippen molar-refractivity contribution >= 4 is 51.5 Å². The molecule has 0 spiro atoms. The Bertz CT molecular complexity index is 2170. The lowest BCUT2D eigenvalue weighted by atomic mass is 9.96. The molecule has 3 heterocycles. The minimum atomic E-state index is -2.83. The number of amides is 1. The fraction of sp³-hybridized carbons (Fsp3) is 0.318. The number of rotatable bonds is 11. The number of hydrogen-bond donors (Lipinski definition) is 1. The molecule has 0 saturated carbocycles. The molecule has 2 aliphatic rings. The van der Waals surface area contributed by atoms with Gasteiger partial charge in [-0.2, -0.15) is 0 Å². The van der Waals surface area contributed by atoms with Crippen molar-refractivity contribution in [3.05, 3.63) is 136 Å². The second-order valence-electron chi connectivity index (χ2n) is 16.1. The molecule has 2 aliphatic heterocycles. The Morgan fingerprint density at radius 2 is 1.56 bits per heavy atom. The van der Waals surface area contributed by atoms with Crippen LogP contribution in [-0.4, -0.2) is 45.9 Å². The van der Waals surface area contributed by atoms with Crippen molar-refractivity contribution in [1.29, 1.82) is 0 Å². The highest BCUT2D eigenvalue weighted by Crippen LogP contribution is 2.45. The van der Waals surface area contributed by atoms with Gasteiger partial charge in [0.2, 0.25) is 6.79 Å². The van der Waals surface area contributed by atoms with E-state index in [9.17, 15) is 9.00 Å². The van der Waals surface area contributed by atoms with Gasteiger partial charge >= 0.3 is 0 Å². The molecule has 1 aromatic heterocycles. The first-order valence-electron chi connectivity index (χ1n) is 18.7. The van der Waals surface area contributed by atoms with E-state index in [1.165, 1.54) is 10.4 Å². The van der Waals surface area contributed by atoms with E-state index in [0.717, 1.165) is 26.7 Å². The number of carbonyl (C=O) groups is 1. The summed E-state index contributed by atoms with van der Waals surface area (Å²) in [4.78, 5) is 19.0. The van der Waals surface area contributed by atoms with Gasteiger partial charge in [-0.1, -0.05) is 116 Å². The number of ether oxygens (including phenoxy) is 2. The summed E-state index contributed by atoms with van der Waals surface area (Å²) in [7, 11) is -4.20. The fourth-order valence-corrected chi connectivity index (χ4v) is 14.1. The Labute approximate surface area is 336 Å². The van der Waals surface area contributed by atoms with Crippen molar-refractivity contribution in [3.63, 3.8) is 0 Å². The molecule has 4 aromatic carbocycles. The van der Waals surface area contributed by atoms with Crippen molar-refractivity contribution in [1.82, 2.24) is 14.6 Å². The Morgan fingerprint density at radius 1 is 0.891 bits per heavy atom. The predicted octanol–water partition coefficient (Wildman–Crippen LogP) is 8.46. The molecule has 1 amide bonds. The van der Waals surface area contributed by atoms with Crippen LogP contribution in [-0.2, 0) is 28.5 Å². The van der Waals surface area contributed by atoms with Crippen molar-refractivity contribution in [2.24, 2.45) is 0 Å². The molecule has 0 fully saturated rings. The maximum absolute atomic E-state index is 14.4. The highest BCUT2D eigenvalue weighted by Gasteiger charge is 2.50. The van der Waals surface area contributed by atoms with E-state index in [1.54, 1.807) is 0 Å². The summed E-state index contributed by atoms with van der Waals surface area (Å²) in [5.74, 6) is 1.06. The van der Waals surface area contributed by atoms with E-state index in [-0.39, 0.29) is 23.8 Å². The van der Waals surface area contributed by atoms with Crippen LogP contribution in [0.5, 0.6) is 11.5 Å². The quantitative estimate of drug-likeness (QED) is 0.134. The van der Waals surface area contributed by atoms with Crippen molar-refractivity contribution < 1.29 is 22.9 Å². The molecular weight excluding hydrogens is 791 g/mol. The van der Waals surface area contributed by atoms with E-state index < -0.39 is 24.1 Å². The summed E-state index contributed by atoms with van der Waals surface area (Å²) in [5, 5.41) is 5.29. The summed E-state index contributed by atoms with van der Waals surface area (Å²) in [6.45, 7) is 14.2. The number of pyridine rings is 1. The zero-order chi connectivity index (χ0) is 39.0. The van der Waals surface area contributed by atoms with E-state index in [1.807, 2.05) is 81.4 Å². The average molecular weight is 839 g/mol. The van der Waals surface area contributed by atoms with Crippen LogP contribution < -0.4 is 25.2 Å². The molecule has 1 N–H and O–H groups in total. The molecule has 55 heavy (non-hydrogen) atoms. The van der Waals surface area contributed by atoms with Crippen LogP contribution in [0.4, 0.5) is 0 Å². The van der Waals surface area contributed by atoms with E-state index >= 15 is 0 Å². The van der Waals surface area contributed by atoms with Gasteiger partial charge in [0.05, 0.1) is 16.5 Å². The lowest BCUT2D eigenvalue weighted by Crippen LogP contribution is -2.66. The van der Waals surface area contributed by atoms with Crippen LogP contribution in [0, 0.1) is 0 Å². The number of nitrogens with one attached hydrogen (secondary N) is 1. The van der Waals surface area contributed by atoms with Crippen LogP contribution in [0.3, 0.4) is 0 Å². The summed E-state index contributed by atoms with van der Waals surface area (Å²) >= 11 is 3.66. The molecule has 2 atom stereocenters. The number of fused-ring (bicyclic) bond motifs is 2. The van der Waals surface area contributed by atoms with Gasteiger partial charge in [-0.15, -0.1) is 0 Å². The Balaban J connectivity index is 1.27. The summed E-state index contributed by atoms with van der Waals surface area (Å²) in [6.07, 6.45) is 0.581. The largest absolute Gasteiger partial charge is 0.454 e. The first kappa shape index (κ1) is 39.1. The normalized spacial score (nSPS) is 16.2. The molecule has 8 nitrogen and oxygen atoms in total. The van der Waals surface area contributed by atoms with Gasteiger partial charge in [-0.3, -0.25) is 4.79 Å². The van der Waals surface area contributed by atoms with Gasteiger partial charge < -0.3 is 19.2 Å². The zero-order valence-corrected chi connectivity index (χ0v) is 35.6. The maximum Gasteiger partial charge on any atom is 0.270 e. The smallest absolute Gasteiger partial charge is 0.270 e. The average Bonchev–Trinajstić information content (AvgIpc) is 3.79. The number of carbonyl (C=O) groups excluding carboxylic acids is 1. The van der Waals surface area contributed by atoms with Gasteiger partial charge in [-0.05, 0) is 84.1 Å². The minimum Gasteiger partial charge on any atom is -0.454 e. The fourth-order valence-electron chi connectivity index (χ4n) is 7.73. The SMILES string of the molecule is CC(C)(C)[S@@](=O)N1Cc2cc(C(=O)NCc3ccc4c(c3)OCO4)nc(-c3cccc(Br)c3)c2C1CCO[Si](c1ccccc1)(c1ccccc1)C(C)(C)C. The minimum absolute atomic E-state index is 0.187. The Hall–Kier alpha value is -4.13. The number of benzene rings is 4. The summed E-state index contributed by atoms with van der Waals surface area (Å²) < 4.78 is 35.3. The third-order valence-electron chi connectivity index (χ3n) is 10.2. The molecule has 5 aromatic rings. The summed E-state index contributed by atoms with van der Waals surface area (Å²) in [6, 6.07) is 36.5. The van der Waals surface area contributed by atoms with E-state index in [2.05, 4.69) is 94.9 Å². The number of hydrogen-bond acceptors (Lipinski definition) is 6. The zero-order valence-electron chi connectivity index (χ0n) is 32.2. The monoisotopic (exact) mass is 837 g/mol. The molecule has 1 unspecified atom stereocenters. The third kappa shape index (κ3) is 7.95. The summed E-state index contributed by atoms with van der Waals surface area (Å²) in [5.41, 5.74) is 4.69. The predicted molar refractivity (Wildman–Crippen MR) is 225 cm³/mol. The molecular formula is C44H48BrN3O5SSi. The van der Waals surface area contributed by atoms with Gasteiger partial charge in [-0.25, -0.2) is 13.5 Å². The molecule has 0 aliphatic carbocycles. The van der Waals surface area contributed by atoms with Crippen LogP contribution in [0.2, 0.25) is 5.04 Å². The molecule has 0 saturated heterocycles. The lowest BCUT2D eigenvalue weighted by molar-refractivity contribution is 0.0945. The Morgan fingerprint density at radius 3 is 2.20 bits per heavy atom. The van der Waals surface area contributed by atoms with Gasteiger partial charge in [0.25, 0.3) is 14.2 Å². The van der Waals surface area contributed by atoms with Crippen LogP contribution in [0.15, 0.2) is 114 Å². The highest BCUT2D eigenvalue weighted by atomic mass is 79.9. The molecule has 286 valence electrons. The molecule has 0 radical (unpaired) electrons. The molecule has 0 bridgehead atoms. The van der Waals surface area contributed by atoms with Crippen molar-refractivity contribution in [2.75, 3.05) is 13.4 Å².